The fourth-order valence-electron chi connectivity index (χ4n) is 1.82. The smallest absolute Gasteiger partial charge is 0.258 e. The zero-order chi connectivity index (χ0) is 11.8. The monoisotopic (exact) mass is 228 g/mol. The summed E-state index contributed by atoms with van der Waals surface area (Å²) in [7, 11) is 0. The molecule has 0 atom stereocenters. The zero-order valence-corrected chi connectivity index (χ0v) is 9.18. The summed E-state index contributed by atoms with van der Waals surface area (Å²) in [5.74, 6) is -0.113. The van der Waals surface area contributed by atoms with E-state index in [0.717, 1.165) is 18.2 Å². The fraction of sp³-hybridized carbons (Fsp3) is 0.231. The molecule has 3 rings (SSSR count). The number of fused-ring (bicyclic) bond motifs is 1. The van der Waals surface area contributed by atoms with Crippen LogP contribution < -0.4 is 5.56 Å². The lowest BCUT2D eigenvalue weighted by atomic mass is 10.1. The van der Waals surface area contributed by atoms with E-state index in [1.165, 1.54) is 0 Å². The Kier molecular flexibility index (Phi) is 2.21. The molecule has 0 bridgehead atoms. The summed E-state index contributed by atoms with van der Waals surface area (Å²) in [6, 6.07) is 7.59. The summed E-state index contributed by atoms with van der Waals surface area (Å²) in [5, 5.41) is 11.1. The van der Waals surface area contributed by atoms with E-state index >= 15 is 0 Å². The molecule has 1 heterocycles. The van der Waals surface area contributed by atoms with E-state index in [0.29, 0.717) is 17.0 Å². The van der Waals surface area contributed by atoms with Gasteiger partial charge >= 0.3 is 0 Å². The van der Waals surface area contributed by atoms with E-state index in [1.807, 2.05) is 12.1 Å². The standard InChI is InChI=1S/C13H12N2O2/c16-12-10-4-2-1-3-9(10)11(13(17)15-12)7-14-8-5-6-8/h1-4,7-8H,5-6H2,(H2,15,16,17). The molecule has 0 spiro atoms. The lowest BCUT2D eigenvalue weighted by molar-refractivity contribution is 0.452. The molecule has 0 radical (unpaired) electrons. The van der Waals surface area contributed by atoms with Crippen molar-refractivity contribution in [3.05, 3.63) is 40.2 Å². The number of pyridine rings is 1. The molecule has 4 nitrogen and oxygen atoms in total. The van der Waals surface area contributed by atoms with Gasteiger partial charge in [0.25, 0.3) is 5.56 Å². The molecule has 0 aliphatic heterocycles. The molecule has 0 saturated heterocycles. The van der Waals surface area contributed by atoms with E-state index in [9.17, 15) is 9.90 Å². The maximum absolute atomic E-state index is 11.6. The van der Waals surface area contributed by atoms with Crippen LogP contribution in [0.3, 0.4) is 0 Å². The third kappa shape index (κ3) is 1.82. The number of rotatable bonds is 2. The Morgan fingerprint density at radius 3 is 2.71 bits per heavy atom. The lowest BCUT2D eigenvalue weighted by Gasteiger charge is -2.03. The molecule has 1 fully saturated rings. The summed E-state index contributed by atoms with van der Waals surface area (Å²) < 4.78 is 0. The predicted octanol–water partition coefficient (Wildman–Crippen LogP) is 1.81. The van der Waals surface area contributed by atoms with Crippen LogP contribution in [-0.2, 0) is 0 Å². The van der Waals surface area contributed by atoms with E-state index in [2.05, 4.69) is 9.98 Å². The number of hydrogen-bond acceptors (Lipinski definition) is 3. The van der Waals surface area contributed by atoms with Gasteiger partial charge in [0.15, 0.2) is 0 Å². The topological polar surface area (TPSA) is 65.5 Å². The predicted molar refractivity (Wildman–Crippen MR) is 66.8 cm³/mol. The zero-order valence-electron chi connectivity index (χ0n) is 9.18. The van der Waals surface area contributed by atoms with Crippen LogP contribution in [0.1, 0.15) is 18.4 Å². The molecule has 1 saturated carbocycles. The number of aromatic hydroxyl groups is 1. The Morgan fingerprint density at radius 1 is 1.29 bits per heavy atom. The minimum atomic E-state index is -0.276. The van der Waals surface area contributed by atoms with Crippen LogP contribution in [0.25, 0.3) is 10.8 Å². The number of nitrogens with zero attached hydrogens (tertiary/aromatic N) is 1. The van der Waals surface area contributed by atoms with Crippen LogP contribution in [-0.4, -0.2) is 22.3 Å². The Hall–Kier alpha value is -2.10. The molecule has 2 aromatic rings. The van der Waals surface area contributed by atoms with Gasteiger partial charge in [-0.05, 0) is 18.9 Å². The third-order valence-corrected chi connectivity index (χ3v) is 2.91. The number of nitrogens with one attached hydrogen (secondary N) is 1. The van der Waals surface area contributed by atoms with Crippen LogP contribution in [0.5, 0.6) is 5.88 Å². The van der Waals surface area contributed by atoms with Gasteiger partial charge in [0.1, 0.15) is 0 Å². The van der Waals surface area contributed by atoms with E-state index in [4.69, 9.17) is 0 Å². The average molecular weight is 228 g/mol. The summed E-state index contributed by atoms with van der Waals surface area (Å²) in [6.45, 7) is 0. The van der Waals surface area contributed by atoms with Crippen LogP contribution >= 0.6 is 0 Å². The van der Waals surface area contributed by atoms with Crippen molar-refractivity contribution in [2.75, 3.05) is 0 Å². The normalized spacial score (nSPS) is 15.8. The lowest BCUT2D eigenvalue weighted by Crippen LogP contribution is -2.07. The first-order valence-electron chi connectivity index (χ1n) is 5.63. The Balaban J connectivity index is 2.24. The quantitative estimate of drug-likeness (QED) is 0.770. The van der Waals surface area contributed by atoms with Crippen LogP contribution in [0.15, 0.2) is 34.1 Å². The summed E-state index contributed by atoms with van der Waals surface area (Å²) in [5.41, 5.74) is 0.314. The first kappa shape index (κ1) is 10.1. The van der Waals surface area contributed by atoms with Gasteiger partial charge in [-0.25, -0.2) is 0 Å². The SMILES string of the molecule is O=c1[nH]c(O)c(C=NC2CC2)c2ccccc12. The number of aromatic nitrogens is 1. The van der Waals surface area contributed by atoms with Gasteiger partial charge in [-0.1, -0.05) is 18.2 Å². The van der Waals surface area contributed by atoms with E-state index in [1.54, 1.807) is 18.3 Å². The maximum Gasteiger partial charge on any atom is 0.258 e. The number of H-pyrrole nitrogens is 1. The van der Waals surface area contributed by atoms with Gasteiger partial charge in [0, 0.05) is 17.0 Å². The minimum absolute atomic E-state index is 0.113. The number of aliphatic imine (C=N–C) groups is 1. The molecule has 4 heteroatoms. The summed E-state index contributed by atoms with van der Waals surface area (Å²) in [6.07, 6.45) is 3.88. The Labute approximate surface area is 97.6 Å². The van der Waals surface area contributed by atoms with Gasteiger partial charge in [0.05, 0.1) is 11.6 Å². The largest absolute Gasteiger partial charge is 0.494 e. The highest BCUT2D eigenvalue weighted by molar-refractivity contribution is 6.01. The number of aromatic amines is 1. The highest BCUT2D eigenvalue weighted by Crippen LogP contribution is 2.25. The number of benzene rings is 1. The molecular formula is C13H12N2O2. The molecule has 17 heavy (non-hydrogen) atoms. The molecule has 0 amide bonds. The first-order valence-corrected chi connectivity index (χ1v) is 5.63. The second-order valence-corrected chi connectivity index (χ2v) is 4.27. The molecular weight excluding hydrogens is 216 g/mol. The minimum Gasteiger partial charge on any atom is -0.494 e. The van der Waals surface area contributed by atoms with E-state index < -0.39 is 0 Å². The molecule has 1 aromatic heterocycles. The average Bonchev–Trinajstić information content (AvgIpc) is 3.13. The third-order valence-electron chi connectivity index (χ3n) is 2.91. The summed E-state index contributed by atoms with van der Waals surface area (Å²) in [4.78, 5) is 18.4. The molecule has 0 unspecified atom stereocenters. The molecule has 1 aromatic carbocycles. The maximum atomic E-state index is 11.6. The highest BCUT2D eigenvalue weighted by Gasteiger charge is 2.19. The molecule has 2 N–H and O–H groups in total. The Morgan fingerprint density at radius 2 is 2.00 bits per heavy atom. The number of hydrogen-bond donors (Lipinski definition) is 2. The highest BCUT2D eigenvalue weighted by atomic mass is 16.3. The molecule has 86 valence electrons. The van der Waals surface area contributed by atoms with Crippen molar-refractivity contribution < 1.29 is 5.11 Å². The van der Waals surface area contributed by atoms with Crippen molar-refractivity contribution in [3.8, 4) is 5.88 Å². The Bertz CT molecular complexity index is 654. The molecule has 1 aliphatic carbocycles. The first-order chi connectivity index (χ1) is 8.25. The van der Waals surface area contributed by atoms with Crippen molar-refractivity contribution >= 4 is 17.0 Å². The van der Waals surface area contributed by atoms with Gasteiger partial charge in [-0.3, -0.25) is 14.8 Å². The van der Waals surface area contributed by atoms with Crippen LogP contribution in [0.4, 0.5) is 0 Å². The second-order valence-electron chi connectivity index (χ2n) is 4.27. The fourth-order valence-corrected chi connectivity index (χ4v) is 1.82. The van der Waals surface area contributed by atoms with Gasteiger partial charge in [0.2, 0.25) is 5.88 Å². The van der Waals surface area contributed by atoms with Crippen LogP contribution in [0.2, 0.25) is 0 Å². The van der Waals surface area contributed by atoms with Crippen LogP contribution in [0, 0.1) is 0 Å². The van der Waals surface area contributed by atoms with Gasteiger partial charge in [-0.2, -0.15) is 0 Å². The van der Waals surface area contributed by atoms with Crippen molar-refractivity contribution in [2.24, 2.45) is 4.99 Å². The van der Waals surface area contributed by atoms with E-state index in [-0.39, 0.29) is 11.4 Å². The van der Waals surface area contributed by atoms with Crippen molar-refractivity contribution in [1.82, 2.24) is 4.98 Å². The van der Waals surface area contributed by atoms with Gasteiger partial charge in [-0.15, -0.1) is 0 Å². The van der Waals surface area contributed by atoms with Gasteiger partial charge < -0.3 is 5.11 Å². The molecule has 1 aliphatic rings. The summed E-state index contributed by atoms with van der Waals surface area (Å²) >= 11 is 0. The van der Waals surface area contributed by atoms with Crippen molar-refractivity contribution in [2.45, 2.75) is 18.9 Å². The van der Waals surface area contributed by atoms with Crippen molar-refractivity contribution in [1.29, 1.82) is 0 Å². The second kappa shape index (κ2) is 3.73. The van der Waals surface area contributed by atoms with Crippen molar-refractivity contribution in [3.63, 3.8) is 0 Å².